The largest absolute Gasteiger partial charge is 0.507 e. The van der Waals surface area contributed by atoms with E-state index >= 15 is 0 Å². The van der Waals surface area contributed by atoms with Crippen molar-refractivity contribution in [2.24, 2.45) is 4.99 Å². The topological polar surface area (TPSA) is 102 Å². The smallest absolute Gasteiger partial charge is 0.211 e. The Kier molecular flexibility index (Phi) is 10.8. The maximum atomic E-state index is 12.8. The van der Waals surface area contributed by atoms with Crippen molar-refractivity contribution in [3.63, 3.8) is 0 Å². The van der Waals surface area contributed by atoms with Gasteiger partial charge in [-0.2, -0.15) is 0 Å². The molecule has 5 heteroatoms. The highest BCUT2D eigenvalue weighted by Crippen LogP contribution is 2.27. The molecule has 0 amide bonds. The Balaban J connectivity index is 0.00000113. The van der Waals surface area contributed by atoms with Gasteiger partial charge in [-0.15, -0.1) is 0 Å². The second-order valence-corrected chi connectivity index (χ2v) is 6.58. The molecule has 0 saturated heterocycles. The Morgan fingerprint density at radius 1 is 0.871 bits per heavy atom. The summed E-state index contributed by atoms with van der Waals surface area (Å²) in [5, 5.41) is 10.7. The maximum Gasteiger partial charge on any atom is 0.211 e. The summed E-state index contributed by atoms with van der Waals surface area (Å²) < 4.78 is 0. The highest BCUT2D eigenvalue weighted by atomic mass is 16.3. The summed E-state index contributed by atoms with van der Waals surface area (Å²) >= 11 is 0. The van der Waals surface area contributed by atoms with E-state index in [-0.39, 0.29) is 11.5 Å². The maximum absolute atomic E-state index is 12.8. The number of aliphatic hydroxyl groups is 1. The first-order valence-corrected chi connectivity index (χ1v) is 10.9. The summed E-state index contributed by atoms with van der Waals surface area (Å²) in [4.78, 5) is 17.3. The van der Waals surface area contributed by atoms with E-state index in [1.807, 2.05) is 58.9 Å². The number of benzene rings is 2. The first-order valence-electron chi connectivity index (χ1n) is 10.9. The van der Waals surface area contributed by atoms with Gasteiger partial charge in [0.1, 0.15) is 11.5 Å². The normalized spacial score (nSPS) is 14.3. The number of hydrogen-bond acceptors (Lipinski definition) is 5. The van der Waals surface area contributed by atoms with Crippen LogP contribution in [0.2, 0.25) is 0 Å². The molecule has 2 aromatic carbocycles. The molecule has 0 saturated carbocycles. The Morgan fingerprint density at radius 3 is 1.90 bits per heavy atom. The zero-order valence-electron chi connectivity index (χ0n) is 19.3. The molecule has 0 atom stereocenters. The Morgan fingerprint density at radius 2 is 1.39 bits per heavy atom. The quantitative estimate of drug-likeness (QED) is 0.387. The average molecular weight is 422 g/mol. The molecular formula is C26H35N3O2. The molecule has 0 heterocycles. The van der Waals surface area contributed by atoms with Gasteiger partial charge in [0.25, 0.3) is 0 Å². The number of aliphatic imine (C=N–C) groups is 1. The summed E-state index contributed by atoms with van der Waals surface area (Å²) in [5.74, 6) is -0.165. The molecule has 3 rings (SSSR count). The van der Waals surface area contributed by atoms with Crippen LogP contribution in [0.1, 0.15) is 53.0 Å². The number of nitrogen functional groups attached to an aromatic ring is 2. The lowest BCUT2D eigenvalue weighted by atomic mass is 9.88. The van der Waals surface area contributed by atoms with Crippen molar-refractivity contribution in [2.75, 3.05) is 11.5 Å². The number of ketones is 1. The van der Waals surface area contributed by atoms with E-state index in [1.54, 1.807) is 30.3 Å². The molecule has 166 valence electrons. The number of nitrogens with zero attached hydrogens (tertiary/aromatic N) is 1. The van der Waals surface area contributed by atoms with Crippen molar-refractivity contribution < 1.29 is 9.90 Å². The molecule has 0 aliphatic heterocycles. The van der Waals surface area contributed by atoms with Crippen molar-refractivity contribution in [2.45, 2.75) is 53.9 Å². The van der Waals surface area contributed by atoms with E-state index in [2.05, 4.69) is 4.99 Å². The predicted octanol–water partition coefficient (Wildman–Crippen LogP) is 6.34. The van der Waals surface area contributed by atoms with Gasteiger partial charge in [-0.25, -0.2) is 4.99 Å². The minimum absolute atomic E-state index is 0.0648. The lowest BCUT2D eigenvalue weighted by Crippen LogP contribution is -2.22. The molecule has 0 fully saturated rings. The third-order valence-corrected chi connectivity index (χ3v) is 4.42. The zero-order chi connectivity index (χ0) is 23.4. The lowest BCUT2D eigenvalue weighted by molar-refractivity contribution is -0.110. The molecule has 5 nitrogen and oxygen atoms in total. The van der Waals surface area contributed by atoms with Gasteiger partial charge >= 0.3 is 0 Å². The molecule has 0 aromatic heterocycles. The highest BCUT2D eigenvalue weighted by Gasteiger charge is 2.26. The number of nitrogens with two attached hydrogens (primary N) is 2. The van der Waals surface area contributed by atoms with Gasteiger partial charge in [-0.05, 0) is 54.5 Å². The molecule has 1 aliphatic carbocycles. The van der Waals surface area contributed by atoms with Crippen molar-refractivity contribution in [1.82, 2.24) is 0 Å². The van der Waals surface area contributed by atoms with E-state index in [0.29, 0.717) is 46.8 Å². The monoisotopic (exact) mass is 421 g/mol. The van der Waals surface area contributed by atoms with Gasteiger partial charge in [-0.1, -0.05) is 53.2 Å². The van der Waals surface area contributed by atoms with Crippen molar-refractivity contribution in [3.8, 4) is 0 Å². The van der Waals surface area contributed by atoms with Gasteiger partial charge in [0.05, 0.1) is 5.69 Å². The number of anilines is 2. The number of carbonyl (C=O) groups excluding carboxylic acids is 1. The summed E-state index contributed by atoms with van der Waals surface area (Å²) in [6.45, 7) is 9.97. The van der Waals surface area contributed by atoms with Crippen LogP contribution >= 0.6 is 0 Å². The van der Waals surface area contributed by atoms with Crippen molar-refractivity contribution in [3.05, 3.63) is 77.1 Å². The molecular weight excluding hydrogens is 386 g/mol. The average Bonchev–Trinajstić information content (AvgIpc) is 2.80. The molecule has 0 bridgehead atoms. The van der Waals surface area contributed by atoms with Crippen LogP contribution in [-0.2, 0) is 11.2 Å². The van der Waals surface area contributed by atoms with Crippen LogP contribution in [0.4, 0.5) is 17.1 Å². The second kappa shape index (κ2) is 13.1. The van der Waals surface area contributed by atoms with Crippen LogP contribution < -0.4 is 11.5 Å². The highest BCUT2D eigenvalue weighted by molar-refractivity contribution is 6.51. The molecule has 2 aromatic rings. The van der Waals surface area contributed by atoms with Crippen molar-refractivity contribution >= 4 is 28.6 Å². The predicted molar refractivity (Wildman–Crippen MR) is 133 cm³/mol. The van der Waals surface area contributed by atoms with E-state index in [0.717, 1.165) is 12.0 Å². The SMILES string of the molecule is CC.CC.CCCC1=C(O)C(Cc2ccc(N)cc2)=CC(=Nc2ccc(N)cc2)C1=O. The fourth-order valence-electron chi connectivity index (χ4n) is 3.00. The number of hydrogen-bond donors (Lipinski definition) is 3. The van der Waals surface area contributed by atoms with E-state index in [1.165, 1.54) is 0 Å². The fourth-order valence-corrected chi connectivity index (χ4v) is 3.00. The molecule has 1 aliphatic rings. The molecule has 0 spiro atoms. The molecule has 0 radical (unpaired) electrons. The molecule has 5 N–H and O–H groups in total. The fraction of sp³-hybridized carbons (Fsp3) is 0.308. The summed E-state index contributed by atoms with van der Waals surface area (Å²) in [5.41, 5.74) is 15.8. The number of aliphatic hydroxyl groups excluding tert-OH is 1. The zero-order valence-corrected chi connectivity index (χ0v) is 19.3. The summed E-state index contributed by atoms with van der Waals surface area (Å²) in [6.07, 6.45) is 3.43. The molecule has 0 unspecified atom stereocenters. The minimum Gasteiger partial charge on any atom is -0.507 e. The number of carbonyl (C=O) groups is 1. The lowest BCUT2D eigenvalue weighted by Gasteiger charge is -2.18. The van der Waals surface area contributed by atoms with E-state index in [9.17, 15) is 9.90 Å². The first kappa shape index (κ1) is 25.7. The van der Waals surface area contributed by atoms with Crippen LogP contribution in [-0.4, -0.2) is 16.6 Å². The van der Waals surface area contributed by atoms with Gasteiger partial charge in [0.2, 0.25) is 5.78 Å². The van der Waals surface area contributed by atoms with Crippen molar-refractivity contribution in [1.29, 1.82) is 0 Å². The Bertz CT molecular complexity index is 938. The standard InChI is InChI=1S/C22H23N3O2.2C2H6/c1-2-3-19-21(26)15(12-14-4-6-16(23)7-5-14)13-20(22(19)27)25-18-10-8-17(24)9-11-18;2*1-2/h4-11,13,26H,2-3,12,23-24H2,1H3;2*1-2H3. The van der Waals surface area contributed by atoms with Gasteiger partial charge in [-0.3, -0.25) is 4.79 Å². The van der Waals surface area contributed by atoms with Gasteiger partial charge in [0.15, 0.2) is 0 Å². The van der Waals surface area contributed by atoms with Crippen LogP contribution in [0.3, 0.4) is 0 Å². The van der Waals surface area contributed by atoms with E-state index in [4.69, 9.17) is 11.5 Å². The van der Waals surface area contributed by atoms with Crippen LogP contribution in [0.15, 0.2) is 76.5 Å². The number of rotatable bonds is 5. The number of allylic oxidation sites excluding steroid dienone is 3. The molecule has 31 heavy (non-hydrogen) atoms. The third kappa shape index (κ3) is 7.14. The van der Waals surface area contributed by atoms with E-state index < -0.39 is 0 Å². The van der Waals surface area contributed by atoms with Gasteiger partial charge < -0.3 is 16.6 Å². The van der Waals surface area contributed by atoms with Gasteiger partial charge in [0, 0.05) is 28.9 Å². The summed E-state index contributed by atoms with van der Waals surface area (Å²) in [7, 11) is 0. The first-order chi connectivity index (χ1) is 15.0. The van der Waals surface area contributed by atoms with Crippen LogP contribution in [0.5, 0.6) is 0 Å². The summed E-state index contributed by atoms with van der Waals surface area (Å²) in [6, 6.07) is 14.5. The second-order valence-electron chi connectivity index (χ2n) is 6.58. The number of Topliss-reactive ketones (excluding diaryl/α,β-unsaturated/α-hetero) is 1. The minimum atomic E-state index is -0.229. The third-order valence-electron chi connectivity index (χ3n) is 4.42. The van der Waals surface area contributed by atoms with Crippen LogP contribution in [0.25, 0.3) is 0 Å². The Labute approximate surface area is 186 Å². The Hall–Kier alpha value is -3.34. The van der Waals surface area contributed by atoms with Crippen LogP contribution in [0, 0.1) is 0 Å².